The van der Waals surface area contributed by atoms with Crippen molar-refractivity contribution in [2.75, 3.05) is 6.61 Å². The molecular weight excluding hydrogens is 244 g/mol. The minimum atomic E-state index is -4.90. The Morgan fingerprint density at radius 3 is 2.53 bits per heavy atom. The first kappa shape index (κ1) is 13.3. The van der Waals surface area contributed by atoms with E-state index in [2.05, 4.69) is 4.74 Å². The summed E-state index contributed by atoms with van der Waals surface area (Å²) in [5.41, 5.74) is 0. The van der Waals surface area contributed by atoms with Crippen LogP contribution in [0.3, 0.4) is 0 Å². The third kappa shape index (κ3) is 3.93. The van der Waals surface area contributed by atoms with Gasteiger partial charge in [-0.3, -0.25) is 4.79 Å². The first-order chi connectivity index (χ1) is 7.80. The largest absolute Gasteiger partial charge is 0.492 e. The number of rotatable bonds is 4. The number of hydrogen-bond acceptors (Lipinski definition) is 2. The number of carbonyl (C=O) groups is 1. The van der Waals surface area contributed by atoms with Gasteiger partial charge in [0.1, 0.15) is 18.2 Å². The van der Waals surface area contributed by atoms with Gasteiger partial charge in [-0.05, 0) is 12.1 Å². The molecule has 7 heteroatoms. The normalized spacial score (nSPS) is 13.2. The van der Waals surface area contributed by atoms with Gasteiger partial charge in [0, 0.05) is 6.07 Å². The molecule has 0 fully saturated rings. The molecule has 94 valence electrons. The first-order valence-corrected chi connectivity index (χ1v) is 4.48. The molecule has 1 rings (SSSR count). The summed E-state index contributed by atoms with van der Waals surface area (Å²) in [6, 6.07) is 4.44. The molecule has 1 aromatic carbocycles. The van der Waals surface area contributed by atoms with Gasteiger partial charge in [0.05, 0.1) is 0 Å². The average molecular weight is 252 g/mol. The highest BCUT2D eigenvalue weighted by atomic mass is 19.4. The number of ether oxygens (including phenoxy) is 1. The van der Waals surface area contributed by atoms with Crippen molar-refractivity contribution in [2.24, 2.45) is 5.92 Å². The lowest BCUT2D eigenvalue weighted by Crippen LogP contribution is -2.35. The van der Waals surface area contributed by atoms with E-state index in [4.69, 9.17) is 5.11 Å². The number of aliphatic carboxylic acids is 1. The van der Waals surface area contributed by atoms with Crippen LogP contribution in [-0.4, -0.2) is 23.9 Å². The van der Waals surface area contributed by atoms with Crippen molar-refractivity contribution >= 4 is 5.97 Å². The molecule has 0 radical (unpaired) electrons. The molecule has 0 aliphatic heterocycles. The van der Waals surface area contributed by atoms with E-state index in [9.17, 15) is 22.4 Å². The summed E-state index contributed by atoms with van der Waals surface area (Å²) in [5, 5.41) is 8.37. The molecule has 0 bridgehead atoms. The smallest absolute Gasteiger partial charge is 0.405 e. The van der Waals surface area contributed by atoms with E-state index in [1.165, 1.54) is 12.1 Å². The first-order valence-electron chi connectivity index (χ1n) is 4.48. The molecule has 0 aliphatic rings. The van der Waals surface area contributed by atoms with Crippen molar-refractivity contribution < 1.29 is 32.2 Å². The Kier molecular flexibility index (Phi) is 3.93. The van der Waals surface area contributed by atoms with Crippen molar-refractivity contribution in [3.8, 4) is 5.75 Å². The maximum atomic E-state index is 12.7. The zero-order chi connectivity index (χ0) is 13.1. The molecule has 0 heterocycles. The predicted octanol–water partition coefficient (Wildman–Crippen LogP) is 2.47. The van der Waals surface area contributed by atoms with E-state index in [-0.39, 0.29) is 5.75 Å². The molecule has 0 saturated carbocycles. The fourth-order valence-corrected chi connectivity index (χ4v) is 1.04. The molecule has 0 amide bonds. The second kappa shape index (κ2) is 5.03. The Bertz CT molecular complexity index is 403. The third-order valence-corrected chi connectivity index (χ3v) is 1.91. The van der Waals surface area contributed by atoms with Crippen molar-refractivity contribution in [2.45, 2.75) is 6.18 Å². The highest BCUT2D eigenvalue weighted by molar-refractivity contribution is 5.71. The van der Waals surface area contributed by atoms with Crippen LogP contribution in [0.4, 0.5) is 17.6 Å². The second-order valence-corrected chi connectivity index (χ2v) is 3.20. The number of hydrogen-bond donors (Lipinski definition) is 1. The molecule has 0 aliphatic carbocycles. The number of benzene rings is 1. The quantitative estimate of drug-likeness (QED) is 0.837. The van der Waals surface area contributed by atoms with Gasteiger partial charge in [0.15, 0.2) is 5.92 Å². The second-order valence-electron chi connectivity index (χ2n) is 3.20. The summed E-state index contributed by atoms with van der Waals surface area (Å²) < 4.78 is 53.9. The van der Waals surface area contributed by atoms with Crippen LogP contribution in [0.5, 0.6) is 5.75 Å². The molecule has 1 N–H and O–H groups in total. The van der Waals surface area contributed by atoms with Gasteiger partial charge in [0.25, 0.3) is 0 Å². The van der Waals surface area contributed by atoms with E-state index < -0.39 is 30.5 Å². The molecule has 1 unspecified atom stereocenters. The lowest BCUT2D eigenvalue weighted by molar-refractivity contribution is -0.198. The topological polar surface area (TPSA) is 46.5 Å². The van der Waals surface area contributed by atoms with Gasteiger partial charge in [-0.15, -0.1) is 0 Å². The Morgan fingerprint density at radius 1 is 1.41 bits per heavy atom. The van der Waals surface area contributed by atoms with Gasteiger partial charge < -0.3 is 9.84 Å². The van der Waals surface area contributed by atoms with Crippen LogP contribution in [0.25, 0.3) is 0 Å². The fourth-order valence-electron chi connectivity index (χ4n) is 1.04. The van der Waals surface area contributed by atoms with E-state index in [0.717, 1.165) is 12.1 Å². The fraction of sp³-hybridized carbons (Fsp3) is 0.300. The lowest BCUT2D eigenvalue weighted by Gasteiger charge is -2.16. The lowest BCUT2D eigenvalue weighted by atomic mass is 10.1. The zero-order valence-corrected chi connectivity index (χ0v) is 8.37. The van der Waals surface area contributed by atoms with Gasteiger partial charge in [-0.2, -0.15) is 13.2 Å². The highest BCUT2D eigenvalue weighted by Gasteiger charge is 2.45. The Balaban J connectivity index is 2.68. The van der Waals surface area contributed by atoms with Crippen LogP contribution in [0.2, 0.25) is 0 Å². The van der Waals surface area contributed by atoms with Gasteiger partial charge >= 0.3 is 12.1 Å². The van der Waals surface area contributed by atoms with Gasteiger partial charge in [0.2, 0.25) is 0 Å². The van der Waals surface area contributed by atoms with Crippen LogP contribution in [0, 0.1) is 11.7 Å². The van der Waals surface area contributed by atoms with Crippen LogP contribution >= 0.6 is 0 Å². The van der Waals surface area contributed by atoms with Crippen molar-refractivity contribution in [1.82, 2.24) is 0 Å². The molecule has 1 aromatic rings. The van der Waals surface area contributed by atoms with Crippen LogP contribution < -0.4 is 4.74 Å². The Labute approximate surface area is 93.6 Å². The zero-order valence-electron chi connectivity index (χ0n) is 8.37. The van der Waals surface area contributed by atoms with E-state index in [0.29, 0.717) is 0 Å². The summed E-state index contributed by atoms with van der Waals surface area (Å²) in [6.45, 7) is -1.09. The molecule has 3 nitrogen and oxygen atoms in total. The number of carboxylic acid groups (broad SMARTS) is 1. The SMILES string of the molecule is O=C(O)C(COc1cccc(F)c1)C(F)(F)F. The van der Waals surface area contributed by atoms with Crippen molar-refractivity contribution in [3.63, 3.8) is 0 Å². The summed E-state index contributed by atoms with van der Waals surface area (Å²) in [7, 11) is 0. The van der Waals surface area contributed by atoms with Crippen molar-refractivity contribution in [3.05, 3.63) is 30.1 Å². The standard InChI is InChI=1S/C10H8F4O3/c11-6-2-1-3-7(4-6)17-5-8(9(15)16)10(12,13)14/h1-4,8H,5H2,(H,15,16). The number of carboxylic acids is 1. The van der Waals surface area contributed by atoms with Gasteiger partial charge in [-0.1, -0.05) is 6.07 Å². The third-order valence-electron chi connectivity index (χ3n) is 1.91. The Morgan fingerprint density at radius 2 is 2.06 bits per heavy atom. The summed E-state index contributed by atoms with van der Waals surface area (Å²) in [5.74, 6) is -5.50. The van der Waals surface area contributed by atoms with Crippen LogP contribution in [-0.2, 0) is 4.79 Å². The van der Waals surface area contributed by atoms with Crippen LogP contribution in [0.15, 0.2) is 24.3 Å². The van der Waals surface area contributed by atoms with Gasteiger partial charge in [-0.25, -0.2) is 4.39 Å². The summed E-state index contributed by atoms with van der Waals surface area (Å²) in [4.78, 5) is 10.4. The van der Waals surface area contributed by atoms with E-state index in [1.54, 1.807) is 0 Å². The maximum absolute atomic E-state index is 12.7. The molecule has 0 spiro atoms. The van der Waals surface area contributed by atoms with Crippen molar-refractivity contribution in [1.29, 1.82) is 0 Å². The molecule has 17 heavy (non-hydrogen) atoms. The molecule has 0 saturated heterocycles. The predicted molar refractivity (Wildman–Crippen MR) is 49.1 cm³/mol. The maximum Gasteiger partial charge on any atom is 0.405 e. The average Bonchev–Trinajstić information content (AvgIpc) is 2.15. The molecular formula is C10H8F4O3. The Hall–Kier alpha value is -1.79. The monoisotopic (exact) mass is 252 g/mol. The minimum absolute atomic E-state index is 0.152. The summed E-state index contributed by atoms with van der Waals surface area (Å²) in [6.07, 6.45) is -4.90. The number of alkyl halides is 3. The molecule has 1 atom stereocenters. The van der Waals surface area contributed by atoms with E-state index >= 15 is 0 Å². The van der Waals surface area contributed by atoms with Crippen LogP contribution in [0.1, 0.15) is 0 Å². The highest BCUT2D eigenvalue weighted by Crippen LogP contribution is 2.27. The number of halogens is 4. The van der Waals surface area contributed by atoms with E-state index in [1.807, 2.05) is 0 Å². The minimum Gasteiger partial charge on any atom is -0.492 e. The molecule has 0 aromatic heterocycles. The summed E-state index contributed by atoms with van der Waals surface area (Å²) >= 11 is 0.